The molecule has 1 aliphatic heterocycles. The Labute approximate surface area is 76.6 Å². The zero-order valence-corrected chi connectivity index (χ0v) is 8.24. The fourth-order valence-corrected chi connectivity index (χ4v) is 3.45. The van der Waals surface area contributed by atoms with Gasteiger partial charge in [0.15, 0.2) is 0 Å². The van der Waals surface area contributed by atoms with E-state index in [1.807, 2.05) is 0 Å². The van der Waals surface area contributed by atoms with Crippen LogP contribution in [0.5, 0.6) is 0 Å². The molecule has 0 amide bonds. The van der Waals surface area contributed by atoms with Crippen LogP contribution in [0.4, 0.5) is 0 Å². The van der Waals surface area contributed by atoms with E-state index >= 15 is 0 Å². The molecular weight excluding hydrogens is 170 g/mol. The predicted octanol–water partition coefficient (Wildman–Crippen LogP) is 0.897. The highest BCUT2D eigenvalue weighted by molar-refractivity contribution is 7.85. The summed E-state index contributed by atoms with van der Waals surface area (Å²) in [4.78, 5) is 0. The fourth-order valence-electron chi connectivity index (χ4n) is 1.77. The standard InChI is InChI=1S/C9H17NOS/c11-12(9-3-4-9)7-8-2-1-5-10-6-8/h8-10H,1-7H2. The zero-order chi connectivity index (χ0) is 8.39. The lowest BCUT2D eigenvalue weighted by molar-refractivity contribution is 0.408. The lowest BCUT2D eigenvalue weighted by atomic mass is 10.0. The highest BCUT2D eigenvalue weighted by Gasteiger charge is 2.30. The minimum atomic E-state index is -0.498. The van der Waals surface area contributed by atoms with Crippen LogP contribution in [0, 0.1) is 5.92 Å². The Morgan fingerprint density at radius 1 is 1.33 bits per heavy atom. The molecule has 12 heavy (non-hydrogen) atoms. The summed E-state index contributed by atoms with van der Waals surface area (Å²) in [7, 11) is -0.498. The molecule has 1 N–H and O–H groups in total. The Kier molecular flexibility index (Phi) is 2.81. The number of hydrogen-bond donors (Lipinski definition) is 1. The lowest BCUT2D eigenvalue weighted by Crippen LogP contribution is -2.33. The third kappa shape index (κ3) is 2.30. The molecule has 0 aromatic rings. The summed E-state index contributed by atoms with van der Waals surface area (Å²) in [6.07, 6.45) is 4.98. The van der Waals surface area contributed by atoms with Crippen LogP contribution >= 0.6 is 0 Å². The summed E-state index contributed by atoms with van der Waals surface area (Å²) in [5, 5.41) is 3.94. The van der Waals surface area contributed by atoms with Gasteiger partial charge in [0.05, 0.1) is 0 Å². The monoisotopic (exact) mass is 187 g/mol. The van der Waals surface area contributed by atoms with E-state index < -0.39 is 10.8 Å². The molecule has 2 fully saturated rings. The van der Waals surface area contributed by atoms with Crippen LogP contribution < -0.4 is 5.32 Å². The van der Waals surface area contributed by atoms with Crippen LogP contribution in [0.1, 0.15) is 25.7 Å². The average molecular weight is 187 g/mol. The van der Waals surface area contributed by atoms with Gasteiger partial charge in [0.25, 0.3) is 0 Å². The minimum Gasteiger partial charge on any atom is -0.316 e. The van der Waals surface area contributed by atoms with E-state index in [2.05, 4.69) is 5.32 Å². The lowest BCUT2D eigenvalue weighted by Gasteiger charge is -2.21. The van der Waals surface area contributed by atoms with Gasteiger partial charge in [0.1, 0.15) is 0 Å². The first kappa shape index (κ1) is 8.70. The van der Waals surface area contributed by atoms with Gasteiger partial charge in [-0.25, -0.2) is 0 Å². The normalized spacial score (nSPS) is 33.2. The smallest absolute Gasteiger partial charge is 0.0349 e. The quantitative estimate of drug-likeness (QED) is 0.711. The van der Waals surface area contributed by atoms with Crippen LogP contribution in [0.25, 0.3) is 0 Å². The van der Waals surface area contributed by atoms with Crippen molar-refractivity contribution in [2.45, 2.75) is 30.9 Å². The molecule has 0 aromatic carbocycles. The molecule has 0 aromatic heterocycles. The molecular formula is C9H17NOS. The van der Waals surface area contributed by atoms with Crippen molar-refractivity contribution in [3.8, 4) is 0 Å². The third-order valence-electron chi connectivity index (χ3n) is 2.70. The SMILES string of the molecule is O=S(CC1CCCNC1)C1CC1. The molecule has 2 rings (SSSR count). The van der Waals surface area contributed by atoms with Crippen molar-refractivity contribution in [1.29, 1.82) is 0 Å². The molecule has 2 unspecified atom stereocenters. The Morgan fingerprint density at radius 3 is 2.75 bits per heavy atom. The van der Waals surface area contributed by atoms with Gasteiger partial charge in [-0.2, -0.15) is 0 Å². The molecule has 0 spiro atoms. The molecule has 1 saturated heterocycles. The fraction of sp³-hybridized carbons (Fsp3) is 1.00. The zero-order valence-electron chi connectivity index (χ0n) is 7.42. The van der Waals surface area contributed by atoms with Gasteiger partial charge in [-0.05, 0) is 44.7 Å². The molecule has 1 heterocycles. The first-order chi connectivity index (χ1) is 5.86. The van der Waals surface area contributed by atoms with Gasteiger partial charge in [-0.15, -0.1) is 0 Å². The molecule has 0 bridgehead atoms. The molecule has 3 heteroatoms. The van der Waals surface area contributed by atoms with Crippen molar-refractivity contribution in [2.24, 2.45) is 5.92 Å². The van der Waals surface area contributed by atoms with E-state index in [1.165, 1.54) is 25.7 Å². The highest BCUT2D eigenvalue weighted by atomic mass is 32.2. The van der Waals surface area contributed by atoms with Gasteiger partial charge < -0.3 is 5.32 Å². The van der Waals surface area contributed by atoms with Gasteiger partial charge in [0, 0.05) is 21.8 Å². The predicted molar refractivity (Wildman–Crippen MR) is 51.6 cm³/mol. The van der Waals surface area contributed by atoms with Crippen LogP contribution in [0.15, 0.2) is 0 Å². The van der Waals surface area contributed by atoms with Gasteiger partial charge >= 0.3 is 0 Å². The van der Waals surface area contributed by atoms with Gasteiger partial charge in [-0.1, -0.05) is 0 Å². The summed E-state index contributed by atoms with van der Waals surface area (Å²) in [6.45, 7) is 2.25. The largest absolute Gasteiger partial charge is 0.316 e. The summed E-state index contributed by atoms with van der Waals surface area (Å²) in [6, 6.07) is 0. The van der Waals surface area contributed by atoms with Gasteiger partial charge in [0.2, 0.25) is 0 Å². The Morgan fingerprint density at radius 2 is 2.17 bits per heavy atom. The average Bonchev–Trinajstić information content (AvgIpc) is 2.88. The van der Waals surface area contributed by atoms with Crippen LogP contribution in [0.3, 0.4) is 0 Å². The van der Waals surface area contributed by atoms with E-state index in [-0.39, 0.29) is 0 Å². The van der Waals surface area contributed by atoms with Gasteiger partial charge in [-0.3, -0.25) is 4.21 Å². The van der Waals surface area contributed by atoms with Crippen LogP contribution in [0.2, 0.25) is 0 Å². The second-order valence-corrected chi connectivity index (χ2v) is 5.72. The summed E-state index contributed by atoms with van der Waals surface area (Å²) in [5.74, 6) is 1.65. The van der Waals surface area contributed by atoms with E-state index in [9.17, 15) is 4.21 Å². The Balaban J connectivity index is 1.73. The van der Waals surface area contributed by atoms with Crippen molar-refractivity contribution < 1.29 is 4.21 Å². The summed E-state index contributed by atoms with van der Waals surface area (Å²) in [5.41, 5.74) is 0. The molecule has 2 nitrogen and oxygen atoms in total. The molecule has 1 saturated carbocycles. The maximum Gasteiger partial charge on any atom is 0.0349 e. The second kappa shape index (κ2) is 3.88. The Bertz CT molecular complexity index is 173. The second-order valence-electron chi connectivity index (χ2n) is 3.96. The topological polar surface area (TPSA) is 29.1 Å². The molecule has 2 aliphatic rings. The highest BCUT2D eigenvalue weighted by Crippen LogP contribution is 2.28. The first-order valence-electron chi connectivity index (χ1n) is 4.94. The Hall–Kier alpha value is 0.110. The summed E-state index contributed by atoms with van der Waals surface area (Å²) < 4.78 is 11.6. The van der Waals surface area contributed by atoms with Crippen molar-refractivity contribution in [3.63, 3.8) is 0 Å². The van der Waals surface area contributed by atoms with E-state index in [0.29, 0.717) is 11.2 Å². The summed E-state index contributed by atoms with van der Waals surface area (Å²) >= 11 is 0. The molecule has 2 atom stereocenters. The van der Waals surface area contributed by atoms with Crippen molar-refractivity contribution in [2.75, 3.05) is 18.8 Å². The maximum absolute atomic E-state index is 11.6. The first-order valence-corrected chi connectivity index (χ1v) is 6.32. The molecule has 70 valence electrons. The van der Waals surface area contributed by atoms with Crippen molar-refractivity contribution in [1.82, 2.24) is 5.32 Å². The number of nitrogens with one attached hydrogen (secondary N) is 1. The van der Waals surface area contributed by atoms with E-state index in [0.717, 1.165) is 18.8 Å². The number of piperidine rings is 1. The molecule has 1 aliphatic carbocycles. The number of rotatable bonds is 3. The number of hydrogen-bond acceptors (Lipinski definition) is 2. The third-order valence-corrected chi connectivity index (χ3v) is 4.71. The maximum atomic E-state index is 11.6. The minimum absolute atomic E-state index is 0.498. The van der Waals surface area contributed by atoms with Crippen LogP contribution in [-0.4, -0.2) is 28.3 Å². The van der Waals surface area contributed by atoms with E-state index in [1.54, 1.807) is 0 Å². The van der Waals surface area contributed by atoms with Crippen LogP contribution in [-0.2, 0) is 10.8 Å². The van der Waals surface area contributed by atoms with Crippen molar-refractivity contribution >= 4 is 10.8 Å². The van der Waals surface area contributed by atoms with E-state index in [4.69, 9.17) is 0 Å². The molecule has 0 radical (unpaired) electrons. The van der Waals surface area contributed by atoms with Crippen molar-refractivity contribution in [3.05, 3.63) is 0 Å².